The van der Waals surface area contributed by atoms with E-state index in [-0.39, 0.29) is 6.61 Å². The Labute approximate surface area is 147 Å². The summed E-state index contributed by atoms with van der Waals surface area (Å²) in [4.78, 5) is 4.52. The number of fused-ring (bicyclic) bond motifs is 1. The second-order valence-corrected chi connectivity index (χ2v) is 7.85. The predicted molar refractivity (Wildman–Crippen MR) is 98.3 cm³/mol. The van der Waals surface area contributed by atoms with Gasteiger partial charge in [-0.05, 0) is 44.5 Å². The number of nitrogens with one attached hydrogen (secondary N) is 1. The molecule has 6 nitrogen and oxygen atoms in total. The number of ether oxygens (including phenoxy) is 1. The van der Waals surface area contributed by atoms with E-state index in [1.54, 1.807) is 0 Å². The highest BCUT2D eigenvalue weighted by molar-refractivity contribution is 8.27. The second kappa shape index (κ2) is 8.68. The zero-order chi connectivity index (χ0) is 17.6. The zero-order valence-electron chi connectivity index (χ0n) is 13.8. The van der Waals surface area contributed by atoms with Crippen molar-refractivity contribution in [2.24, 2.45) is 0 Å². The van der Waals surface area contributed by atoms with Crippen LogP contribution in [0.5, 0.6) is 5.88 Å². The molecule has 132 valence electrons. The van der Waals surface area contributed by atoms with Gasteiger partial charge in [0.2, 0.25) is 5.88 Å². The van der Waals surface area contributed by atoms with E-state index in [1.165, 1.54) is 5.56 Å². The third-order valence-corrected chi connectivity index (χ3v) is 4.16. The van der Waals surface area contributed by atoms with E-state index < -0.39 is 9.05 Å². The molecule has 0 aliphatic heterocycles. The summed E-state index contributed by atoms with van der Waals surface area (Å²) < 4.78 is 29.7. The largest absolute Gasteiger partial charge is 0.478 e. The Morgan fingerprint density at radius 2 is 2.04 bits per heavy atom. The molecule has 0 fully saturated rings. The molecule has 0 aliphatic rings. The SMILES string of the molecule is Cc1ccc2nc(OCCCNCCOS(=O)(O)=S)cc(C)c2c1. The maximum absolute atomic E-state index is 10.7. The van der Waals surface area contributed by atoms with Crippen LogP contribution in [-0.4, -0.2) is 40.0 Å². The second-order valence-electron chi connectivity index (χ2n) is 5.50. The summed E-state index contributed by atoms with van der Waals surface area (Å²) in [6.45, 7) is 5.92. The molecule has 1 heterocycles. The van der Waals surface area contributed by atoms with Gasteiger partial charge >= 0.3 is 0 Å². The third-order valence-electron chi connectivity index (χ3n) is 3.41. The molecule has 2 rings (SSSR count). The lowest BCUT2D eigenvalue weighted by Gasteiger charge is -2.09. The lowest BCUT2D eigenvalue weighted by molar-refractivity contribution is 0.285. The van der Waals surface area contributed by atoms with Crippen LogP contribution >= 0.6 is 0 Å². The van der Waals surface area contributed by atoms with Crippen LogP contribution in [0.15, 0.2) is 24.3 Å². The number of hydrogen-bond donors (Lipinski definition) is 2. The molecule has 0 bridgehead atoms. The maximum Gasteiger partial charge on any atom is 0.266 e. The molecule has 0 radical (unpaired) electrons. The summed E-state index contributed by atoms with van der Waals surface area (Å²) in [7, 11) is -3.52. The van der Waals surface area contributed by atoms with E-state index in [9.17, 15) is 4.21 Å². The summed E-state index contributed by atoms with van der Waals surface area (Å²) >= 11 is 4.22. The van der Waals surface area contributed by atoms with Gasteiger partial charge in [-0.2, -0.15) is 4.21 Å². The van der Waals surface area contributed by atoms with Crippen LogP contribution in [0.25, 0.3) is 10.9 Å². The number of benzene rings is 1. The molecule has 2 aromatic rings. The first-order valence-electron chi connectivity index (χ1n) is 7.68. The molecule has 0 saturated carbocycles. The smallest absolute Gasteiger partial charge is 0.266 e. The molecule has 0 amide bonds. The Morgan fingerprint density at radius 3 is 2.79 bits per heavy atom. The van der Waals surface area contributed by atoms with Crippen LogP contribution in [0, 0.1) is 13.8 Å². The molecule has 24 heavy (non-hydrogen) atoms. The van der Waals surface area contributed by atoms with Crippen LogP contribution in [0.1, 0.15) is 17.5 Å². The van der Waals surface area contributed by atoms with E-state index >= 15 is 0 Å². The highest BCUT2D eigenvalue weighted by Crippen LogP contribution is 2.22. The third kappa shape index (κ3) is 6.29. The van der Waals surface area contributed by atoms with Crippen molar-refractivity contribution in [3.8, 4) is 5.88 Å². The summed E-state index contributed by atoms with van der Waals surface area (Å²) in [5, 5.41) is 4.23. The number of hydrogen-bond acceptors (Lipinski definition) is 6. The van der Waals surface area contributed by atoms with Gasteiger partial charge in [-0.1, -0.05) is 11.6 Å². The molecular formula is C16H22N2O4S2. The Balaban J connectivity index is 1.73. The van der Waals surface area contributed by atoms with Gasteiger partial charge in [0.1, 0.15) is 0 Å². The molecule has 0 saturated heterocycles. The van der Waals surface area contributed by atoms with Gasteiger partial charge in [-0.15, -0.1) is 0 Å². The number of aromatic nitrogens is 1. The number of rotatable bonds is 9. The van der Waals surface area contributed by atoms with E-state index in [1.807, 2.05) is 18.2 Å². The number of aryl methyl sites for hydroxylation is 2. The highest BCUT2D eigenvalue weighted by atomic mass is 32.9. The molecule has 0 aliphatic carbocycles. The molecule has 8 heteroatoms. The molecule has 0 spiro atoms. The molecule has 1 unspecified atom stereocenters. The summed E-state index contributed by atoms with van der Waals surface area (Å²) in [6.07, 6.45) is 0.787. The summed E-state index contributed by atoms with van der Waals surface area (Å²) in [6, 6.07) is 8.12. The minimum absolute atomic E-state index is 0.102. The van der Waals surface area contributed by atoms with Crippen molar-refractivity contribution in [1.29, 1.82) is 0 Å². The van der Waals surface area contributed by atoms with Crippen molar-refractivity contribution in [2.75, 3.05) is 26.3 Å². The first-order chi connectivity index (χ1) is 11.3. The fourth-order valence-electron chi connectivity index (χ4n) is 2.27. The monoisotopic (exact) mass is 370 g/mol. The minimum atomic E-state index is -3.52. The fraction of sp³-hybridized carbons (Fsp3) is 0.438. The van der Waals surface area contributed by atoms with Crippen LogP contribution in [0.2, 0.25) is 0 Å². The molecule has 1 aromatic heterocycles. The Bertz CT molecular complexity index is 794. The Kier molecular flexibility index (Phi) is 6.88. The standard InChI is InChI=1S/C16H22N2O4S2/c1-12-4-5-15-14(10-12)13(2)11-16(18-15)21-8-3-6-17-7-9-22-24(19,20)23/h4-5,10-11,17H,3,6-9H2,1-2H3,(H,19,20,23). The van der Waals surface area contributed by atoms with Gasteiger partial charge in [0, 0.05) is 29.2 Å². The van der Waals surface area contributed by atoms with Crippen LogP contribution in [0.3, 0.4) is 0 Å². The normalized spacial score (nSPS) is 13.8. The van der Waals surface area contributed by atoms with Gasteiger partial charge in [-0.25, -0.2) is 4.98 Å². The summed E-state index contributed by atoms with van der Waals surface area (Å²) in [5.41, 5.74) is 3.29. The first-order valence-corrected chi connectivity index (χ1v) is 10.0. The quantitative estimate of drug-likeness (QED) is 0.656. The van der Waals surface area contributed by atoms with E-state index in [0.29, 0.717) is 25.6 Å². The van der Waals surface area contributed by atoms with Gasteiger partial charge in [0.05, 0.1) is 18.7 Å². The van der Waals surface area contributed by atoms with Crippen LogP contribution in [0.4, 0.5) is 0 Å². The predicted octanol–water partition coefficient (Wildman–Crippen LogP) is 2.36. The van der Waals surface area contributed by atoms with E-state index in [4.69, 9.17) is 9.29 Å². The van der Waals surface area contributed by atoms with Crippen molar-refractivity contribution >= 4 is 31.1 Å². The lowest BCUT2D eigenvalue weighted by Crippen LogP contribution is -2.23. The van der Waals surface area contributed by atoms with E-state index in [0.717, 1.165) is 22.9 Å². The molecule has 2 N–H and O–H groups in total. The summed E-state index contributed by atoms with van der Waals surface area (Å²) in [5.74, 6) is 0.623. The highest BCUT2D eigenvalue weighted by Gasteiger charge is 2.04. The van der Waals surface area contributed by atoms with Crippen LogP contribution < -0.4 is 10.1 Å². The van der Waals surface area contributed by atoms with Gasteiger partial charge in [-0.3, -0.25) is 8.74 Å². The van der Waals surface area contributed by atoms with Crippen molar-refractivity contribution in [3.63, 3.8) is 0 Å². The van der Waals surface area contributed by atoms with Crippen molar-refractivity contribution in [1.82, 2.24) is 10.3 Å². The molecule has 1 atom stereocenters. The Morgan fingerprint density at radius 1 is 1.25 bits per heavy atom. The van der Waals surface area contributed by atoms with Crippen molar-refractivity contribution in [2.45, 2.75) is 20.3 Å². The van der Waals surface area contributed by atoms with Gasteiger partial charge in [0.15, 0.2) is 0 Å². The van der Waals surface area contributed by atoms with Gasteiger partial charge in [0.25, 0.3) is 9.05 Å². The number of pyridine rings is 1. The van der Waals surface area contributed by atoms with Crippen molar-refractivity contribution in [3.05, 3.63) is 35.4 Å². The fourth-order valence-corrected chi connectivity index (χ4v) is 2.77. The van der Waals surface area contributed by atoms with E-state index in [2.05, 4.69) is 45.6 Å². The molecular weight excluding hydrogens is 348 g/mol. The van der Waals surface area contributed by atoms with Crippen LogP contribution in [-0.2, 0) is 24.4 Å². The lowest BCUT2D eigenvalue weighted by atomic mass is 10.1. The minimum Gasteiger partial charge on any atom is -0.478 e. The Hall–Kier alpha value is -1.32. The first kappa shape index (κ1) is 19.0. The topological polar surface area (TPSA) is 80.7 Å². The maximum atomic E-state index is 10.7. The average Bonchev–Trinajstić information content (AvgIpc) is 2.49. The number of nitrogens with zero attached hydrogens (tertiary/aromatic N) is 1. The molecule has 1 aromatic carbocycles. The van der Waals surface area contributed by atoms with Crippen molar-refractivity contribution < 1.29 is 17.7 Å². The van der Waals surface area contributed by atoms with Gasteiger partial charge < -0.3 is 10.1 Å². The average molecular weight is 370 g/mol. The zero-order valence-corrected chi connectivity index (χ0v) is 15.4.